The summed E-state index contributed by atoms with van der Waals surface area (Å²) in [6, 6.07) is 15.0. The highest BCUT2D eigenvalue weighted by molar-refractivity contribution is 5.95. The van der Waals surface area contributed by atoms with Crippen molar-refractivity contribution in [3.05, 3.63) is 59.7 Å². The zero-order valence-electron chi connectivity index (χ0n) is 15.9. The summed E-state index contributed by atoms with van der Waals surface area (Å²) in [5.41, 5.74) is 2.49. The van der Waals surface area contributed by atoms with Crippen LogP contribution in [0.15, 0.2) is 48.5 Å². The molecule has 0 spiro atoms. The number of rotatable bonds is 7. The number of carbonyl (C=O) groups excluding carboxylic acids is 2. The van der Waals surface area contributed by atoms with Crippen molar-refractivity contribution >= 4 is 17.5 Å². The molecule has 0 unspecified atom stereocenters. The van der Waals surface area contributed by atoms with Crippen LogP contribution in [0.1, 0.15) is 42.6 Å². The van der Waals surface area contributed by atoms with Crippen LogP contribution < -0.4 is 15.0 Å². The standard InChI is InChI=1S/C22H26N2O3/c1-16(2)15-27-20-6-3-5-18(13-20)22(26)23-14-17-8-10-19(11-9-17)24-12-4-7-21(24)25/h3,5-6,8-11,13,16H,4,7,12,14-15H2,1-2H3,(H,23,26). The third kappa shape index (κ3) is 5.09. The largest absolute Gasteiger partial charge is 0.493 e. The van der Waals surface area contributed by atoms with E-state index in [1.807, 2.05) is 41.3 Å². The zero-order valence-corrected chi connectivity index (χ0v) is 15.9. The van der Waals surface area contributed by atoms with Crippen molar-refractivity contribution in [3.8, 4) is 5.75 Å². The summed E-state index contributed by atoms with van der Waals surface area (Å²) >= 11 is 0. The lowest BCUT2D eigenvalue weighted by Crippen LogP contribution is -2.24. The van der Waals surface area contributed by atoms with Gasteiger partial charge in [-0.2, -0.15) is 0 Å². The van der Waals surface area contributed by atoms with E-state index in [0.717, 1.165) is 24.2 Å². The molecule has 1 saturated heterocycles. The molecule has 0 radical (unpaired) electrons. The van der Waals surface area contributed by atoms with E-state index in [9.17, 15) is 9.59 Å². The van der Waals surface area contributed by atoms with Gasteiger partial charge < -0.3 is 15.0 Å². The lowest BCUT2D eigenvalue weighted by molar-refractivity contribution is -0.117. The number of carbonyl (C=O) groups is 2. The number of nitrogens with zero attached hydrogens (tertiary/aromatic N) is 1. The van der Waals surface area contributed by atoms with Gasteiger partial charge in [-0.1, -0.05) is 32.0 Å². The fourth-order valence-electron chi connectivity index (χ4n) is 2.99. The Morgan fingerprint density at radius 1 is 1.19 bits per heavy atom. The highest BCUT2D eigenvalue weighted by Gasteiger charge is 2.21. The lowest BCUT2D eigenvalue weighted by atomic mass is 10.1. The number of hydrogen-bond acceptors (Lipinski definition) is 3. The van der Waals surface area contributed by atoms with E-state index in [1.165, 1.54) is 0 Å². The molecule has 1 fully saturated rings. The average Bonchev–Trinajstić information content (AvgIpc) is 3.11. The number of ether oxygens (including phenoxy) is 1. The fourth-order valence-corrected chi connectivity index (χ4v) is 2.99. The molecule has 0 atom stereocenters. The quantitative estimate of drug-likeness (QED) is 0.811. The number of nitrogens with one attached hydrogen (secondary N) is 1. The van der Waals surface area contributed by atoms with E-state index >= 15 is 0 Å². The Balaban J connectivity index is 1.56. The molecule has 1 aliphatic rings. The summed E-state index contributed by atoms with van der Waals surface area (Å²) in [5, 5.41) is 2.93. The molecule has 1 aliphatic heterocycles. The molecule has 2 aromatic rings. The van der Waals surface area contributed by atoms with E-state index in [0.29, 0.717) is 36.8 Å². The van der Waals surface area contributed by atoms with Crippen molar-refractivity contribution < 1.29 is 14.3 Å². The number of amides is 2. The first-order chi connectivity index (χ1) is 13.0. The maximum atomic E-state index is 12.4. The van der Waals surface area contributed by atoms with Crippen molar-refractivity contribution in [1.29, 1.82) is 0 Å². The molecular formula is C22H26N2O3. The average molecular weight is 366 g/mol. The van der Waals surface area contributed by atoms with Crippen LogP contribution in [0.3, 0.4) is 0 Å². The third-order valence-electron chi connectivity index (χ3n) is 4.45. The number of hydrogen-bond donors (Lipinski definition) is 1. The fraction of sp³-hybridized carbons (Fsp3) is 0.364. The normalized spacial score (nSPS) is 13.9. The van der Waals surface area contributed by atoms with Crippen LogP contribution in [0.4, 0.5) is 5.69 Å². The number of benzene rings is 2. The van der Waals surface area contributed by atoms with Crippen LogP contribution in [0.2, 0.25) is 0 Å². The Morgan fingerprint density at radius 3 is 2.63 bits per heavy atom. The van der Waals surface area contributed by atoms with E-state index in [1.54, 1.807) is 12.1 Å². The van der Waals surface area contributed by atoms with Gasteiger partial charge in [0.25, 0.3) is 5.91 Å². The molecule has 3 rings (SSSR count). The predicted octanol–water partition coefficient (Wildman–Crippen LogP) is 3.78. The molecule has 0 saturated carbocycles. The Bertz CT molecular complexity index is 799. The van der Waals surface area contributed by atoms with Crippen LogP contribution in [-0.4, -0.2) is 25.0 Å². The molecule has 1 heterocycles. The highest BCUT2D eigenvalue weighted by atomic mass is 16.5. The van der Waals surface area contributed by atoms with Gasteiger partial charge in [-0.3, -0.25) is 9.59 Å². The monoisotopic (exact) mass is 366 g/mol. The molecule has 2 amide bonds. The minimum atomic E-state index is -0.135. The van der Waals surface area contributed by atoms with Gasteiger partial charge in [-0.05, 0) is 48.2 Å². The Morgan fingerprint density at radius 2 is 1.96 bits per heavy atom. The second-order valence-corrected chi connectivity index (χ2v) is 7.23. The van der Waals surface area contributed by atoms with Crippen LogP contribution in [0, 0.1) is 5.92 Å². The summed E-state index contributed by atoms with van der Waals surface area (Å²) in [4.78, 5) is 26.0. The van der Waals surface area contributed by atoms with E-state index < -0.39 is 0 Å². The summed E-state index contributed by atoms with van der Waals surface area (Å²) < 4.78 is 5.68. The maximum Gasteiger partial charge on any atom is 0.251 e. The first kappa shape index (κ1) is 19.0. The van der Waals surface area contributed by atoms with Gasteiger partial charge in [-0.25, -0.2) is 0 Å². The van der Waals surface area contributed by atoms with Gasteiger partial charge in [0.1, 0.15) is 5.75 Å². The second kappa shape index (κ2) is 8.71. The molecule has 27 heavy (non-hydrogen) atoms. The van der Waals surface area contributed by atoms with Crippen molar-refractivity contribution in [2.45, 2.75) is 33.2 Å². The topological polar surface area (TPSA) is 58.6 Å². The van der Waals surface area contributed by atoms with Gasteiger partial charge in [-0.15, -0.1) is 0 Å². The highest BCUT2D eigenvalue weighted by Crippen LogP contribution is 2.21. The van der Waals surface area contributed by atoms with Crippen LogP contribution in [0.25, 0.3) is 0 Å². The molecule has 5 heteroatoms. The summed E-state index contributed by atoms with van der Waals surface area (Å²) in [6.45, 7) is 6.01. The van der Waals surface area contributed by atoms with Crippen LogP contribution >= 0.6 is 0 Å². The third-order valence-corrected chi connectivity index (χ3v) is 4.45. The Kier molecular flexibility index (Phi) is 6.12. The predicted molar refractivity (Wildman–Crippen MR) is 106 cm³/mol. The molecular weight excluding hydrogens is 340 g/mol. The SMILES string of the molecule is CC(C)COc1cccc(C(=O)NCc2ccc(N3CCCC3=O)cc2)c1. The smallest absolute Gasteiger partial charge is 0.251 e. The molecule has 0 aliphatic carbocycles. The van der Waals surface area contributed by atoms with Crippen LogP contribution in [0.5, 0.6) is 5.75 Å². The molecule has 0 bridgehead atoms. The van der Waals surface area contributed by atoms with Crippen molar-refractivity contribution in [1.82, 2.24) is 5.32 Å². The second-order valence-electron chi connectivity index (χ2n) is 7.23. The van der Waals surface area contributed by atoms with Gasteiger partial charge in [0.05, 0.1) is 6.61 Å². The molecule has 142 valence electrons. The minimum Gasteiger partial charge on any atom is -0.493 e. The van der Waals surface area contributed by atoms with Gasteiger partial charge in [0.2, 0.25) is 5.91 Å². The summed E-state index contributed by atoms with van der Waals surface area (Å²) in [5.74, 6) is 1.18. The molecule has 1 N–H and O–H groups in total. The Hall–Kier alpha value is -2.82. The van der Waals surface area contributed by atoms with E-state index in [-0.39, 0.29) is 11.8 Å². The lowest BCUT2D eigenvalue weighted by Gasteiger charge is -2.16. The number of anilines is 1. The molecule has 5 nitrogen and oxygen atoms in total. The van der Waals surface area contributed by atoms with Gasteiger partial charge >= 0.3 is 0 Å². The zero-order chi connectivity index (χ0) is 19.2. The molecule has 0 aromatic heterocycles. The first-order valence-corrected chi connectivity index (χ1v) is 9.43. The van der Waals surface area contributed by atoms with Gasteiger partial charge in [0, 0.05) is 30.8 Å². The van der Waals surface area contributed by atoms with Crippen LogP contribution in [-0.2, 0) is 11.3 Å². The minimum absolute atomic E-state index is 0.135. The Labute approximate surface area is 160 Å². The van der Waals surface area contributed by atoms with Crippen molar-refractivity contribution in [3.63, 3.8) is 0 Å². The first-order valence-electron chi connectivity index (χ1n) is 9.43. The van der Waals surface area contributed by atoms with E-state index in [4.69, 9.17) is 4.74 Å². The van der Waals surface area contributed by atoms with E-state index in [2.05, 4.69) is 19.2 Å². The van der Waals surface area contributed by atoms with Gasteiger partial charge in [0.15, 0.2) is 0 Å². The maximum absolute atomic E-state index is 12.4. The molecule has 2 aromatic carbocycles. The van der Waals surface area contributed by atoms with Crippen molar-refractivity contribution in [2.24, 2.45) is 5.92 Å². The summed E-state index contributed by atoms with van der Waals surface area (Å²) in [6.07, 6.45) is 1.54. The summed E-state index contributed by atoms with van der Waals surface area (Å²) in [7, 11) is 0. The van der Waals surface area contributed by atoms with Crippen molar-refractivity contribution in [2.75, 3.05) is 18.1 Å².